The average molecular weight is 466 g/mol. The lowest BCUT2D eigenvalue weighted by atomic mass is 10.1. The maximum Gasteiger partial charge on any atom is 0.307 e. The van der Waals surface area contributed by atoms with E-state index in [1.807, 2.05) is 37.3 Å². The predicted molar refractivity (Wildman–Crippen MR) is 126 cm³/mol. The number of aryl methyl sites for hydroxylation is 1. The Morgan fingerprint density at radius 1 is 1.12 bits per heavy atom. The number of carbonyl (C=O) groups excluding carboxylic acids is 1. The standard InChI is InChI=1S/C26H24ClNO5/c1-17-6-11-21-24(14-17)33-23(26(31)28(21)16-18-7-9-20(27)10-8-18)12-13-32-22-5-3-2-4-19(22)15-25(29)30/h2-11,14,23H,12-13,15-16H2,1H3,(H,29,30). The number of anilines is 1. The molecule has 1 aliphatic heterocycles. The van der Waals surface area contributed by atoms with Gasteiger partial charge in [0.1, 0.15) is 11.5 Å². The number of rotatable bonds is 8. The molecular formula is C26H24ClNO5. The van der Waals surface area contributed by atoms with Gasteiger partial charge in [0.25, 0.3) is 5.91 Å². The third kappa shape index (κ3) is 5.46. The number of hydrogen-bond acceptors (Lipinski definition) is 4. The van der Waals surface area contributed by atoms with E-state index >= 15 is 0 Å². The van der Waals surface area contributed by atoms with Gasteiger partial charge in [-0.05, 0) is 48.4 Å². The molecule has 0 radical (unpaired) electrons. The van der Waals surface area contributed by atoms with Crippen molar-refractivity contribution in [1.29, 1.82) is 0 Å². The molecule has 0 aromatic heterocycles. The average Bonchev–Trinajstić information content (AvgIpc) is 2.78. The monoisotopic (exact) mass is 465 g/mol. The summed E-state index contributed by atoms with van der Waals surface area (Å²) < 4.78 is 11.9. The Morgan fingerprint density at radius 2 is 1.88 bits per heavy atom. The van der Waals surface area contributed by atoms with Crippen molar-refractivity contribution in [3.05, 3.63) is 88.4 Å². The van der Waals surface area contributed by atoms with Crippen LogP contribution in [-0.2, 0) is 22.6 Å². The van der Waals surface area contributed by atoms with Gasteiger partial charge in [-0.3, -0.25) is 9.59 Å². The second kappa shape index (κ2) is 9.96. The SMILES string of the molecule is Cc1ccc2c(c1)OC(CCOc1ccccc1CC(=O)O)C(=O)N2Cc1ccc(Cl)cc1. The first-order valence-corrected chi connectivity index (χ1v) is 11.0. The smallest absolute Gasteiger partial charge is 0.307 e. The van der Waals surface area contributed by atoms with E-state index in [2.05, 4.69) is 0 Å². The van der Waals surface area contributed by atoms with Gasteiger partial charge in [-0.2, -0.15) is 0 Å². The van der Waals surface area contributed by atoms with Crippen LogP contribution in [0.15, 0.2) is 66.7 Å². The van der Waals surface area contributed by atoms with Crippen LogP contribution in [0.25, 0.3) is 0 Å². The van der Waals surface area contributed by atoms with Crippen LogP contribution in [0.4, 0.5) is 5.69 Å². The highest BCUT2D eigenvalue weighted by molar-refractivity contribution is 6.30. The minimum absolute atomic E-state index is 0.128. The molecule has 7 heteroatoms. The van der Waals surface area contributed by atoms with E-state index < -0.39 is 12.1 Å². The fraction of sp³-hybridized carbons (Fsp3) is 0.231. The number of aliphatic carboxylic acids is 1. The minimum Gasteiger partial charge on any atom is -0.493 e. The fourth-order valence-electron chi connectivity index (χ4n) is 3.78. The lowest BCUT2D eigenvalue weighted by Gasteiger charge is -2.34. The van der Waals surface area contributed by atoms with Crippen molar-refractivity contribution >= 4 is 29.2 Å². The third-order valence-corrected chi connectivity index (χ3v) is 5.67. The van der Waals surface area contributed by atoms with Gasteiger partial charge in [0, 0.05) is 17.0 Å². The van der Waals surface area contributed by atoms with E-state index in [0.717, 1.165) is 16.8 Å². The fourth-order valence-corrected chi connectivity index (χ4v) is 3.91. The number of amides is 1. The Labute approximate surface area is 197 Å². The molecule has 4 rings (SSSR count). The Kier molecular flexibility index (Phi) is 6.84. The Balaban J connectivity index is 1.50. The first-order valence-electron chi connectivity index (χ1n) is 10.7. The van der Waals surface area contributed by atoms with Crippen molar-refractivity contribution in [2.75, 3.05) is 11.5 Å². The van der Waals surface area contributed by atoms with Crippen molar-refractivity contribution in [2.45, 2.75) is 32.4 Å². The molecule has 1 amide bonds. The van der Waals surface area contributed by atoms with Gasteiger partial charge in [0.05, 0.1) is 25.3 Å². The number of nitrogens with zero attached hydrogens (tertiary/aromatic N) is 1. The second-order valence-corrected chi connectivity index (χ2v) is 8.38. The van der Waals surface area contributed by atoms with E-state index in [4.69, 9.17) is 26.2 Å². The molecule has 170 valence electrons. The maximum atomic E-state index is 13.3. The van der Waals surface area contributed by atoms with Crippen LogP contribution >= 0.6 is 11.6 Å². The van der Waals surface area contributed by atoms with Gasteiger partial charge < -0.3 is 19.5 Å². The van der Waals surface area contributed by atoms with Crippen LogP contribution in [0.2, 0.25) is 5.02 Å². The summed E-state index contributed by atoms with van der Waals surface area (Å²) in [6.45, 7) is 2.58. The summed E-state index contributed by atoms with van der Waals surface area (Å²) in [6, 6.07) is 20.2. The van der Waals surface area contributed by atoms with E-state index in [1.165, 1.54) is 0 Å². The molecule has 1 aliphatic rings. The molecule has 1 heterocycles. The molecule has 0 saturated carbocycles. The Bertz CT molecular complexity index is 1160. The van der Waals surface area contributed by atoms with Gasteiger partial charge >= 0.3 is 5.97 Å². The van der Waals surface area contributed by atoms with Gasteiger partial charge in [-0.15, -0.1) is 0 Å². The number of para-hydroxylation sites is 1. The zero-order chi connectivity index (χ0) is 23.4. The van der Waals surface area contributed by atoms with Gasteiger partial charge in [-0.1, -0.05) is 48.0 Å². The number of halogens is 1. The van der Waals surface area contributed by atoms with Crippen LogP contribution in [0, 0.1) is 6.92 Å². The van der Waals surface area contributed by atoms with Crippen LogP contribution in [0.5, 0.6) is 11.5 Å². The first kappa shape index (κ1) is 22.7. The van der Waals surface area contributed by atoms with Crippen LogP contribution < -0.4 is 14.4 Å². The Hall–Kier alpha value is -3.51. The molecule has 1 unspecified atom stereocenters. The molecule has 0 spiro atoms. The van der Waals surface area contributed by atoms with E-state index in [9.17, 15) is 9.59 Å². The zero-order valence-electron chi connectivity index (χ0n) is 18.2. The molecule has 0 saturated heterocycles. The number of ether oxygens (including phenoxy) is 2. The molecule has 0 bridgehead atoms. The number of hydrogen-bond donors (Lipinski definition) is 1. The largest absolute Gasteiger partial charge is 0.493 e. The molecule has 0 fully saturated rings. The summed E-state index contributed by atoms with van der Waals surface area (Å²) in [7, 11) is 0. The lowest BCUT2D eigenvalue weighted by molar-refractivity contribution is -0.136. The molecule has 3 aromatic rings. The zero-order valence-corrected chi connectivity index (χ0v) is 18.9. The number of carbonyl (C=O) groups is 2. The molecule has 1 atom stereocenters. The van der Waals surface area contributed by atoms with Gasteiger partial charge in [0.2, 0.25) is 0 Å². The third-order valence-electron chi connectivity index (χ3n) is 5.42. The summed E-state index contributed by atoms with van der Waals surface area (Å²) in [5.74, 6) is 0.0719. The lowest BCUT2D eigenvalue weighted by Crippen LogP contribution is -2.46. The molecule has 1 N–H and O–H groups in total. The van der Waals surface area contributed by atoms with Crippen molar-refractivity contribution < 1.29 is 24.2 Å². The van der Waals surface area contributed by atoms with Crippen LogP contribution in [0.3, 0.4) is 0 Å². The van der Waals surface area contributed by atoms with Crippen LogP contribution in [-0.4, -0.2) is 29.7 Å². The predicted octanol–water partition coefficient (Wildman–Crippen LogP) is 5.04. The van der Waals surface area contributed by atoms with Crippen molar-refractivity contribution in [2.24, 2.45) is 0 Å². The quantitative estimate of drug-likeness (QED) is 0.504. The molecule has 0 aliphatic carbocycles. The second-order valence-electron chi connectivity index (χ2n) is 7.94. The first-order chi connectivity index (χ1) is 15.9. The number of carboxylic acid groups (broad SMARTS) is 1. The number of benzene rings is 3. The number of fused-ring (bicyclic) bond motifs is 1. The highest BCUT2D eigenvalue weighted by atomic mass is 35.5. The van der Waals surface area contributed by atoms with Crippen molar-refractivity contribution in [3.63, 3.8) is 0 Å². The van der Waals surface area contributed by atoms with Gasteiger partial charge in [0.15, 0.2) is 6.10 Å². The summed E-state index contributed by atoms with van der Waals surface area (Å²) in [6.07, 6.45) is -0.514. The summed E-state index contributed by atoms with van der Waals surface area (Å²) >= 11 is 6.00. The summed E-state index contributed by atoms with van der Waals surface area (Å²) in [5, 5.41) is 9.74. The van der Waals surface area contributed by atoms with E-state index in [0.29, 0.717) is 35.1 Å². The minimum atomic E-state index is -0.929. The van der Waals surface area contributed by atoms with Crippen molar-refractivity contribution in [1.82, 2.24) is 0 Å². The summed E-state index contributed by atoms with van der Waals surface area (Å²) in [4.78, 5) is 26.2. The molecule has 3 aromatic carbocycles. The van der Waals surface area contributed by atoms with Crippen molar-refractivity contribution in [3.8, 4) is 11.5 Å². The normalized spacial score (nSPS) is 15.0. The summed E-state index contributed by atoms with van der Waals surface area (Å²) in [5.41, 5.74) is 3.31. The van der Waals surface area contributed by atoms with Gasteiger partial charge in [-0.25, -0.2) is 0 Å². The molecular weight excluding hydrogens is 442 g/mol. The number of carboxylic acids is 1. The highest BCUT2D eigenvalue weighted by Crippen LogP contribution is 2.36. The topological polar surface area (TPSA) is 76.1 Å². The molecule has 33 heavy (non-hydrogen) atoms. The van der Waals surface area contributed by atoms with E-state index in [1.54, 1.807) is 41.3 Å². The molecule has 6 nitrogen and oxygen atoms in total. The maximum absolute atomic E-state index is 13.3. The van der Waals surface area contributed by atoms with E-state index in [-0.39, 0.29) is 18.9 Å². The highest BCUT2D eigenvalue weighted by Gasteiger charge is 2.34. The Morgan fingerprint density at radius 3 is 2.64 bits per heavy atom. The van der Waals surface area contributed by atoms with Crippen LogP contribution in [0.1, 0.15) is 23.1 Å².